The molecule has 144 valence electrons. The maximum atomic E-state index is 12.7. The first-order chi connectivity index (χ1) is 14.0. The van der Waals surface area contributed by atoms with Crippen molar-refractivity contribution in [2.45, 2.75) is 13.0 Å². The smallest absolute Gasteiger partial charge is 0.260 e. The van der Waals surface area contributed by atoms with E-state index < -0.39 is 6.10 Å². The van der Waals surface area contributed by atoms with E-state index in [1.807, 2.05) is 41.1 Å². The monoisotopic (exact) mass is 439 g/mol. The maximum absolute atomic E-state index is 12.7. The van der Waals surface area contributed by atoms with Gasteiger partial charge in [-0.05, 0) is 42.1 Å². The Kier molecular flexibility index (Phi) is 5.49. The summed E-state index contributed by atoms with van der Waals surface area (Å²) in [5, 5.41) is 13.6. The van der Waals surface area contributed by atoms with Crippen LogP contribution in [0, 0.1) is 11.3 Å². The number of aromatic nitrogens is 2. The molecule has 29 heavy (non-hydrogen) atoms. The number of halogens is 1. The third-order valence-corrected chi connectivity index (χ3v) is 6.19. The summed E-state index contributed by atoms with van der Waals surface area (Å²) in [5.74, 6) is 0.919. The van der Waals surface area contributed by atoms with Gasteiger partial charge in [0.1, 0.15) is 16.6 Å². The number of hydrogen-bond donors (Lipinski definition) is 1. The van der Waals surface area contributed by atoms with Gasteiger partial charge in [0, 0.05) is 15.8 Å². The summed E-state index contributed by atoms with van der Waals surface area (Å²) >= 11 is 9.43. The molecule has 0 aliphatic heterocycles. The van der Waals surface area contributed by atoms with E-state index in [-0.39, 0.29) is 5.56 Å². The standard InChI is InChI=1S/C21H14ClN3O2S2/c1-12(10-23)27-14-6-4-13(5-7-14)9-16(22)19-24-20(26)18-15(11-29-21(18)25-19)17-3-2-8-28-17/h2-9,11-12H,1H3,(H,24,25,26)/b16-9+. The van der Waals surface area contributed by atoms with Crippen LogP contribution in [0.2, 0.25) is 0 Å². The molecule has 0 fully saturated rings. The zero-order valence-corrected chi connectivity index (χ0v) is 17.6. The van der Waals surface area contributed by atoms with Crippen molar-refractivity contribution in [2.75, 3.05) is 0 Å². The van der Waals surface area contributed by atoms with Gasteiger partial charge in [0.05, 0.1) is 10.4 Å². The molecule has 0 spiro atoms. The normalized spacial score (nSPS) is 12.7. The van der Waals surface area contributed by atoms with Gasteiger partial charge in [0.15, 0.2) is 11.9 Å². The van der Waals surface area contributed by atoms with Crippen LogP contribution < -0.4 is 10.3 Å². The van der Waals surface area contributed by atoms with Gasteiger partial charge >= 0.3 is 0 Å². The second-order valence-corrected chi connectivity index (χ2v) is 8.38. The lowest BCUT2D eigenvalue weighted by Gasteiger charge is -2.07. The third-order valence-electron chi connectivity index (χ3n) is 4.12. The number of nitrogens with zero attached hydrogens (tertiary/aromatic N) is 2. The number of ether oxygens (including phenoxy) is 1. The summed E-state index contributed by atoms with van der Waals surface area (Å²) in [7, 11) is 0. The molecular formula is C21H14ClN3O2S2. The summed E-state index contributed by atoms with van der Waals surface area (Å²) in [4.78, 5) is 21.7. The molecule has 3 heterocycles. The van der Waals surface area contributed by atoms with Crippen molar-refractivity contribution in [1.29, 1.82) is 5.26 Å². The first kappa shape index (κ1) is 19.4. The summed E-state index contributed by atoms with van der Waals surface area (Å²) in [6, 6.07) is 13.1. The van der Waals surface area contributed by atoms with Crippen molar-refractivity contribution in [1.82, 2.24) is 9.97 Å². The molecule has 1 N–H and O–H groups in total. The molecular weight excluding hydrogens is 426 g/mol. The van der Waals surface area contributed by atoms with Crippen LogP contribution in [-0.4, -0.2) is 16.1 Å². The highest BCUT2D eigenvalue weighted by Gasteiger charge is 2.14. The highest BCUT2D eigenvalue weighted by molar-refractivity contribution is 7.18. The molecule has 0 aliphatic rings. The van der Waals surface area contributed by atoms with E-state index in [4.69, 9.17) is 21.6 Å². The van der Waals surface area contributed by atoms with Crippen molar-refractivity contribution < 1.29 is 4.74 Å². The lowest BCUT2D eigenvalue weighted by molar-refractivity contribution is 0.276. The summed E-state index contributed by atoms with van der Waals surface area (Å²) in [6.45, 7) is 1.68. The van der Waals surface area contributed by atoms with Gasteiger partial charge < -0.3 is 9.72 Å². The third kappa shape index (κ3) is 4.10. The van der Waals surface area contributed by atoms with Gasteiger partial charge in [-0.2, -0.15) is 5.26 Å². The maximum Gasteiger partial charge on any atom is 0.260 e. The minimum absolute atomic E-state index is 0.213. The number of fused-ring (bicyclic) bond motifs is 1. The number of H-pyrrole nitrogens is 1. The minimum atomic E-state index is -0.522. The van der Waals surface area contributed by atoms with Gasteiger partial charge in [0.25, 0.3) is 5.56 Å². The lowest BCUT2D eigenvalue weighted by atomic mass is 10.2. The zero-order valence-electron chi connectivity index (χ0n) is 15.2. The van der Waals surface area contributed by atoms with Crippen LogP contribution in [0.25, 0.3) is 31.8 Å². The van der Waals surface area contributed by atoms with Crippen molar-refractivity contribution in [2.24, 2.45) is 0 Å². The number of thiophene rings is 2. The quantitative estimate of drug-likeness (QED) is 0.430. The SMILES string of the molecule is CC(C#N)Oc1ccc(/C=C(/Cl)c2nc3scc(-c4cccs4)c3c(=O)[nH]2)cc1. The topological polar surface area (TPSA) is 78.8 Å². The van der Waals surface area contributed by atoms with E-state index in [0.29, 0.717) is 26.8 Å². The average molecular weight is 440 g/mol. The van der Waals surface area contributed by atoms with Gasteiger partial charge in [-0.1, -0.05) is 29.8 Å². The fraction of sp³-hybridized carbons (Fsp3) is 0.0952. The fourth-order valence-electron chi connectivity index (χ4n) is 2.76. The number of aromatic amines is 1. The Balaban J connectivity index is 1.64. The molecule has 4 rings (SSSR count). The number of hydrogen-bond acceptors (Lipinski definition) is 6. The van der Waals surface area contributed by atoms with Crippen molar-refractivity contribution >= 4 is 55.6 Å². The highest BCUT2D eigenvalue weighted by atomic mass is 35.5. The molecule has 1 unspecified atom stereocenters. The molecule has 8 heteroatoms. The Labute approximate surface area is 179 Å². The average Bonchev–Trinajstić information content (AvgIpc) is 3.38. The molecule has 4 aromatic rings. The number of nitriles is 1. The van der Waals surface area contributed by atoms with Gasteiger partial charge in [-0.15, -0.1) is 22.7 Å². The summed E-state index contributed by atoms with van der Waals surface area (Å²) < 4.78 is 5.43. The Morgan fingerprint density at radius 2 is 2.10 bits per heavy atom. The van der Waals surface area contributed by atoms with E-state index in [0.717, 1.165) is 16.0 Å². The van der Waals surface area contributed by atoms with E-state index in [9.17, 15) is 4.79 Å². The molecule has 0 amide bonds. The zero-order chi connectivity index (χ0) is 20.4. The van der Waals surface area contributed by atoms with Crippen LogP contribution in [0.15, 0.2) is 52.0 Å². The second-order valence-electron chi connectivity index (χ2n) is 6.17. The van der Waals surface area contributed by atoms with E-state index in [1.165, 1.54) is 11.3 Å². The van der Waals surface area contributed by atoms with Crippen LogP contribution in [-0.2, 0) is 0 Å². The summed E-state index contributed by atoms with van der Waals surface area (Å²) in [5.41, 5.74) is 1.50. The molecule has 0 saturated carbocycles. The Morgan fingerprint density at radius 3 is 2.79 bits per heavy atom. The molecule has 5 nitrogen and oxygen atoms in total. The Morgan fingerprint density at radius 1 is 1.31 bits per heavy atom. The van der Waals surface area contributed by atoms with E-state index >= 15 is 0 Å². The predicted molar refractivity (Wildman–Crippen MR) is 119 cm³/mol. The number of benzene rings is 1. The molecule has 0 bridgehead atoms. The largest absolute Gasteiger partial charge is 0.476 e. The van der Waals surface area contributed by atoms with Crippen LogP contribution in [0.5, 0.6) is 5.75 Å². The predicted octanol–water partition coefficient (Wildman–Crippen LogP) is 5.74. The van der Waals surface area contributed by atoms with Gasteiger partial charge in [0.2, 0.25) is 0 Å². The lowest BCUT2D eigenvalue weighted by Crippen LogP contribution is -2.10. The first-order valence-corrected chi connectivity index (χ1v) is 10.8. The first-order valence-electron chi connectivity index (χ1n) is 8.64. The summed E-state index contributed by atoms with van der Waals surface area (Å²) in [6.07, 6.45) is 1.20. The fourth-order valence-corrected chi connectivity index (χ4v) is 4.74. The van der Waals surface area contributed by atoms with Gasteiger partial charge in [-0.3, -0.25) is 4.79 Å². The van der Waals surface area contributed by atoms with Crippen LogP contribution in [0.4, 0.5) is 0 Å². The Hall–Kier alpha value is -2.92. The molecule has 0 aliphatic carbocycles. The van der Waals surface area contributed by atoms with Crippen LogP contribution in [0.1, 0.15) is 18.3 Å². The number of nitrogens with one attached hydrogen (secondary N) is 1. The van der Waals surface area contributed by atoms with Crippen molar-refractivity contribution in [3.8, 4) is 22.3 Å². The Bertz CT molecular complexity index is 1280. The number of rotatable bonds is 5. The van der Waals surface area contributed by atoms with E-state index in [1.54, 1.807) is 36.5 Å². The van der Waals surface area contributed by atoms with Crippen molar-refractivity contribution in [3.63, 3.8) is 0 Å². The highest BCUT2D eigenvalue weighted by Crippen LogP contribution is 2.34. The molecule has 0 radical (unpaired) electrons. The second kappa shape index (κ2) is 8.21. The molecule has 1 aromatic carbocycles. The van der Waals surface area contributed by atoms with Crippen molar-refractivity contribution in [3.05, 3.63) is 68.9 Å². The van der Waals surface area contributed by atoms with E-state index in [2.05, 4.69) is 9.97 Å². The molecule has 3 aromatic heterocycles. The minimum Gasteiger partial charge on any atom is -0.476 e. The van der Waals surface area contributed by atoms with Gasteiger partial charge in [-0.25, -0.2) is 4.98 Å². The molecule has 0 saturated heterocycles. The molecule has 1 atom stereocenters. The van der Waals surface area contributed by atoms with Crippen LogP contribution in [0.3, 0.4) is 0 Å². The van der Waals surface area contributed by atoms with Crippen LogP contribution >= 0.6 is 34.3 Å².